The van der Waals surface area contributed by atoms with Gasteiger partial charge in [-0.3, -0.25) is 24.5 Å². The number of hydrogen-bond donors (Lipinski definition) is 3. The number of imide groups is 1. The maximum absolute atomic E-state index is 13.2. The fraction of sp³-hybridized carbons (Fsp3) is 0.304. The largest absolute Gasteiger partial charge is 0.481 e. The van der Waals surface area contributed by atoms with Gasteiger partial charge in [0, 0.05) is 18.3 Å². The number of hydrogen-bond acceptors (Lipinski definition) is 8. The molecule has 0 spiro atoms. The number of carbonyl (C=O) groups is 4. The van der Waals surface area contributed by atoms with E-state index in [0.29, 0.717) is 27.9 Å². The van der Waals surface area contributed by atoms with Crippen LogP contribution in [0, 0.1) is 12.8 Å². The summed E-state index contributed by atoms with van der Waals surface area (Å²) in [4.78, 5) is 62.8. The highest BCUT2D eigenvalue weighted by atomic mass is 32.2. The molecule has 3 amide bonds. The third-order valence-electron chi connectivity index (χ3n) is 5.48. The standard InChI is InChI=1S/C23H23N5O5S2/c1-13-6-8-15(9-7-13)28(19(32)14-4-2-3-5-14)20(33)18(31)27-23-26-16(12-17(29)30)21(35-23)34-22-24-10-11-25-22/h6-11,14H,2-5,12H2,1H3,(H,24,25)(H,29,30)(H,26,27,31). The van der Waals surface area contributed by atoms with Gasteiger partial charge >= 0.3 is 17.8 Å². The number of thiazole rings is 1. The zero-order chi connectivity index (χ0) is 24.9. The van der Waals surface area contributed by atoms with Crippen LogP contribution in [-0.4, -0.2) is 43.7 Å². The predicted octanol–water partition coefficient (Wildman–Crippen LogP) is 3.64. The fourth-order valence-electron chi connectivity index (χ4n) is 3.77. The number of carbonyl (C=O) groups excluding carboxylic acids is 3. The zero-order valence-corrected chi connectivity index (χ0v) is 20.4. The van der Waals surface area contributed by atoms with E-state index >= 15 is 0 Å². The molecule has 10 nitrogen and oxygen atoms in total. The SMILES string of the molecule is Cc1ccc(N(C(=O)C(=O)Nc2nc(CC(=O)O)c(Sc3ncc[nH]3)s2)C(=O)C2CCCC2)cc1. The molecule has 1 aromatic carbocycles. The molecular formula is C23H23N5O5S2. The first-order chi connectivity index (χ1) is 16.8. The van der Waals surface area contributed by atoms with Crippen molar-refractivity contribution in [3.8, 4) is 0 Å². The van der Waals surface area contributed by atoms with Gasteiger partial charge < -0.3 is 10.1 Å². The normalized spacial score (nSPS) is 13.5. The van der Waals surface area contributed by atoms with Crippen molar-refractivity contribution >= 4 is 57.6 Å². The molecule has 0 radical (unpaired) electrons. The van der Waals surface area contributed by atoms with Gasteiger partial charge in [-0.15, -0.1) is 0 Å². The van der Waals surface area contributed by atoms with Gasteiger partial charge in [-0.25, -0.2) is 14.9 Å². The molecule has 12 heteroatoms. The van der Waals surface area contributed by atoms with Crippen molar-refractivity contribution in [2.75, 3.05) is 10.2 Å². The Morgan fingerprint density at radius 1 is 1.20 bits per heavy atom. The maximum atomic E-state index is 13.2. The lowest BCUT2D eigenvalue weighted by Gasteiger charge is -2.23. The van der Waals surface area contributed by atoms with E-state index in [1.807, 2.05) is 6.92 Å². The number of aromatic nitrogens is 3. The molecule has 4 rings (SSSR count). The Balaban J connectivity index is 1.57. The molecular weight excluding hydrogens is 490 g/mol. The molecule has 1 fully saturated rings. The number of rotatable bonds is 7. The Morgan fingerprint density at radius 2 is 1.91 bits per heavy atom. The Labute approximate surface area is 209 Å². The highest BCUT2D eigenvalue weighted by molar-refractivity contribution is 8.01. The quantitative estimate of drug-likeness (QED) is 0.406. The van der Waals surface area contributed by atoms with E-state index in [1.54, 1.807) is 36.7 Å². The molecule has 0 atom stereocenters. The van der Waals surface area contributed by atoms with E-state index in [0.717, 1.165) is 34.6 Å². The summed E-state index contributed by atoms with van der Waals surface area (Å²) in [7, 11) is 0. The van der Waals surface area contributed by atoms with Gasteiger partial charge in [-0.1, -0.05) is 41.9 Å². The summed E-state index contributed by atoms with van der Waals surface area (Å²) < 4.78 is 0.516. The van der Waals surface area contributed by atoms with Crippen LogP contribution in [0.25, 0.3) is 0 Å². The summed E-state index contributed by atoms with van der Waals surface area (Å²) in [5.41, 5.74) is 1.52. The lowest BCUT2D eigenvalue weighted by atomic mass is 10.1. The first-order valence-corrected chi connectivity index (χ1v) is 12.6. The number of aromatic amines is 1. The van der Waals surface area contributed by atoms with Crippen molar-refractivity contribution in [3.63, 3.8) is 0 Å². The molecule has 3 aromatic rings. The Bertz CT molecular complexity index is 1230. The smallest absolute Gasteiger partial charge is 0.323 e. The van der Waals surface area contributed by atoms with Crippen LogP contribution in [0.4, 0.5) is 10.8 Å². The average molecular weight is 514 g/mol. The summed E-state index contributed by atoms with van der Waals surface area (Å²) in [6.07, 6.45) is 5.98. The van der Waals surface area contributed by atoms with Gasteiger partial charge in [-0.05, 0) is 43.7 Å². The van der Waals surface area contributed by atoms with Crippen LogP contribution in [0.5, 0.6) is 0 Å². The fourth-order valence-corrected chi connectivity index (χ4v) is 5.77. The minimum Gasteiger partial charge on any atom is -0.481 e. The second kappa shape index (κ2) is 10.8. The number of carboxylic acids is 1. The Morgan fingerprint density at radius 3 is 2.54 bits per heavy atom. The van der Waals surface area contributed by atoms with Gasteiger partial charge in [0.1, 0.15) is 0 Å². The molecule has 35 heavy (non-hydrogen) atoms. The van der Waals surface area contributed by atoms with Crippen LogP contribution in [0.1, 0.15) is 36.9 Å². The topological polar surface area (TPSA) is 145 Å². The molecule has 182 valence electrons. The van der Waals surface area contributed by atoms with Crippen LogP contribution in [0.3, 0.4) is 0 Å². The van der Waals surface area contributed by atoms with E-state index < -0.39 is 23.7 Å². The van der Waals surface area contributed by atoms with Crippen molar-refractivity contribution in [1.82, 2.24) is 15.0 Å². The van der Waals surface area contributed by atoms with E-state index in [2.05, 4.69) is 20.3 Å². The second-order valence-corrected chi connectivity index (χ2v) is 10.3. The number of aliphatic carboxylic acids is 1. The molecule has 0 unspecified atom stereocenters. The lowest BCUT2D eigenvalue weighted by Crippen LogP contribution is -2.46. The summed E-state index contributed by atoms with van der Waals surface area (Å²) in [6.45, 7) is 1.89. The van der Waals surface area contributed by atoms with Crippen molar-refractivity contribution in [3.05, 3.63) is 47.9 Å². The first-order valence-electron chi connectivity index (χ1n) is 11.0. The number of imidazole rings is 1. The Kier molecular flexibility index (Phi) is 7.61. The van der Waals surface area contributed by atoms with E-state index in [9.17, 15) is 24.3 Å². The third kappa shape index (κ3) is 5.95. The molecule has 1 aliphatic carbocycles. The third-order valence-corrected chi connectivity index (χ3v) is 7.62. The van der Waals surface area contributed by atoms with Crippen LogP contribution in [-0.2, 0) is 25.6 Å². The van der Waals surface area contributed by atoms with E-state index in [1.165, 1.54) is 11.8 Å². The van der Waals surface area contributed by atoms with Gasteiger partial charge in [0.05, 0.1) is 22.0 Å². The molecule has 3 N–H and O–H groups in total. The van der Waals surface area contributed by atoms with Gasteiger partial charge in [0.2, 0.25) is 5.91 Å². The molecule has 2 aromatic heterocycles. The number of anilines is 2. The molecule has 1 aliphatic rings. The molecule has 1 saturated carbocycles. The van der Waals surface area contributed by atoms with Crippen molar-refractivity contribution in [2.24, 2.45) is 5.92 Å². The van der Waals surface area contributed by atoms with Crippen LogP contribution in [0.2, 0.25) is 0 Å². The van der Waals surface area contributed by atoms with Crippen molar-refractivity contribution in [2.45, 2.75) is 48.4 Å². The van der Waals surface area contributed by atoms with Gasteiger partial charge in [0.25, 0.3) is 0 Å². The number of nitrogens with one attached hydrogen (secondary N) is 2. The number of benzene rings is 1. The zero-order valence-electron chi connectivity index (χ0n) is 18.8. The van der Waals surface area contributed by atoms with Crippen LogP contribution < -0.4 is 10.2 Å². The highest BCUT2D eigenvalue weighted by Crippen LogP contribution is 2.36. The minimum atomic E-state index is -1.08. The number of aryl methyl sites for hydroxylation is 1. The van der Waals surface area contributed by atoms with Crippen LogP contribution in [0.15, 0.2) is 46.0 Å². The molecule has 0 aliphatic heterocycles. The van der Waals surface area contributed by atoms with Gasteiger partial charge in [-0.2, -0.15) is 0 Å². The highest BCUT2D eigenvalue weighted by Gasteiger charge is 2.35. The minimum absolute atomic E-state index is 0.0610. The summed E-state index contributed by atoms with van der Waals surface area (Å²) in [6, 6.07) is 6.82. The maximum Gasteiger partial charge on any atom is 0.323 e. The summed E-state index contributed by atoms with van der Waals surface area (Å²) in [5.74, 6) is -3.83. The second-order valence-electron chi connectivity index (χ2n) is 8.07. The monoisotopic (exact) mass is 513 g/mol. The number of carboxylic acid groups (broad SMARTS) is 1. The number of amides is 3. The average Bonchev–Trinajstić information content (AvgIpc) is 3.58. The summed E-state index contributed by atoms with van der Waals surface area (Å²) >= 11 is 2.20. The Hall–Kier alpha value is -3.51. The van der Waals surface area contributed by atoms with E-state index in [-0.39, 0.29) is 23.2 Å². The lowest BCUT2D eigenvalue weighted by molar-refractivity contribution is -0.138. The van der Waals surface area contributed by atoms with Crippen molar-refractivity contribution in [1.29, 1.82) is 0 Å². The van der Waals surface area contributed by atoms with Gasteiger partial charge in [0.15, 0.2) is 10.3 Å². The van der Waals surface area contributed by atoms with Crippen LogP contribution >= 0.6 is 23.1 Å². The predicted molar refractivity (Wildman–Crippen MR) is 130 cm³/mol. The van der Waals surface area contributed by atoms with E-state index in [4.69, 9.17) is 0 Å². The van der Waals surface area contributed by atoms with Crippen molar-refractivity contribution < 1.29 is 24.3 Å². The first kappa shape index (κ1) is 24.6. The molecule has 2 heterocycles. The number of H-pyrrole nitrogens is 1. The molecule has 0 saturated heterocycles. The number of nitrogens with zero attached hydrogens (tertiary/aromatic N) is 3. The molecule has 0 bridgehead atoms. The summed E-state index contributed by atoms with van der Waals surface area (Å²) in [5, 5.41) is 12.3.